The molecule has 2 fully saturated rings. The zero-order chi connectivity index (χ0) is 25.4. The molecule has 0 spiro atoms. The van der Waals surface area contributed by atoms with Crippen LogP contribution in [0.1, 0.15) is 69.8 Å². The predicted molar refractivity (Wildman–Crippen MR) is 142 cm³/mol. The van der Waals surface area contributed by atoms with Crippen LogP contribution in [0.5, 0.6) is 0 Å². The summed E-state index contributed by atoms with van der Waals surface area (Å²) in [7, 11) is 0. The summed E-state index contributed by atoms with van der Waals surface area (Å²) in [6.45, 7) is 11.6. The van der Waals surface area contributed by atoms with Gasteiger partial charge in [0, 0.05) is 55.9 Å². The fourth-order valence-corrected chi connectivity index (χ4v) is 5.69. The standard InChI is InChI=1S/C27H36FN7O/c1-17(2)33-9-11-34(12-10-33)25-16-30-24(15-31-25)32-23-13-22-21(14-29-23)18(3)26(19(4)28)27(36)35(22)20-7-5-6-8-20/h13-17,19-20H,5-12H2,1-4H3,(H,29,30,32). The minimum atomic E-state index is -1.32. The van der Waals surface area contributed by atoms with Gasteiger partial charge >= 0.3 is 0 Å². The molecule has 1 aliphatic heterocycles. The van der Waals surface area contributed by atoms with Crippen molar-refractivity contribution in [3.05, 3.63) is 46.1 Å². The van der Waals surface area contributed by atoms with E-state index in [1.807, 2.05) is 13.0 Å². The van der Waals surface area contributed by atoms with Crippen molar-refractivity contribution >= 4 is 28.4 Å². The van der Waals surface area contributed by atoms with Crippen LogP contribution in [0, 0.1) is 6.92 Å². The third-order valence-corrected chi connectivity index (χ3v) is 7.75. The number of hydrogen-bond donors (Lipinski definition) is 1. The van der Waals surface area contributed by atoms with E-state index in [0.29, 0.717) is 23.2 Å². The molecule has 0 radical (unpaired) electrons. The second-order valence-corrected chi connectivity index (χ2v) is 10.4. The highest BCUT2D eigenvalue weighted by Crippen LogP contribution is 2.34. The number of hydrogen-bond acceptors (Lipinski definition) is 7. The van der Waals surface area contributed by atoms with Crippen LogP contribution in [0.25, 0.3) is 10.9 Å². The third kappa shape index (κ3) is 4.68. The second-order valence-electron chi connectivity index (χ2n) is 10.4. The Hall–Kier alpha value is -3.07. The molecule has 1 saturated carbocycles. The third-order valence-electron chi connectivity index (χ3n) is 7.75. The van der Waals surface area contributed by atoms with Gasteiger partial charge in [0.1, 0.15) is 23.6 Å². The Labute approximate surface area is 211 Å². The number of pyridine rings is 2. The smallest absolute Gasteiger partial charge is 0.257 e. The quantitative estimate of drug-likeness (QED) is 0.522. The highest BCUT2D eigenvalue weighted by atomic mass is 19.1. The van der Waals surface area contributed by atoms with E-state index in [2.05, 4.69) is 43.9 Å². The first-order valence-electron chi connectivity index (χ1n) is 13.1. The molecule has 1 saturated heterocycles. The van der Waals surface area contributed by atoms with E-state index in [9.17, 15) is 9.18 Å². The largest absolute Gasteiger partial charge is 0.353 e. The maximum Gasteiger partial charge on any atom is 0.257 e. The minimum Gasteiger partial charge on any atom is -0.353 e. The van der Waals surface area contributed by atoms with Crippen LogP contribution < -0.4 is 15.8 Å². The predicted octanol–water partition coefficient (Wildman–Crippen LogP) is 4.91. The molecule has 192 valence electrons. The summed E-state index contributed by atoms with van der Waals surface area (Å²) in [5.74, 6) is 2.04. The normalized spacial score (nSPS) is 18.3. The van der Waals surface area contributed by atoms with Crippen molar-refractivity contribution in [1.29, 1.82) is 0 Å². The number of alkyl halides is 1. The average Bonchev–Trinajstić information content (AvgIpc) is 3.39. The number of fused-ring (bicyclic) bond motifs is 1. The van der Waals surface area contributed by atoms with Gasteiger partial charge in [-0.25, -0.2) is 19.3 Å². The van der Waals surface area contributed by atoms with Gasteiger partial charge in [0.2, 0.25) is 0 Å². The molecule has 5 rings (SSSR count). The Balaban J connectivity index is 1.41. The Morgan fingerprint density at radius 3 is 2.28 bits per heavy atom. The molecule has 36 heavy (non-hydrogen) atoms. The van der Waals surface area contributed by atoms with Gasteiger partial charge in [-0.2, -0.15) is 0 Å². The summed E-state index contributed by atoms with van der Waals surface area (Å²) in [5.41, 5.74) is 1.48. The molecule has 0 bridgehead atoms. The lowest BCUT2D eigenvalue weighted by molar-refractivity contribution is 0.209. The molecule has 8 nitrogen and oxygen atoms in total. The Kier molecular flexibility index (Phi) is 6.92. The molecule has 0 amide bonds. The van der Waals surface area contributed by atoms with Gasteiger partial charge in [-0.1, -0.05) is 12.8 Å². The zero-order valence-electron chi connectivity index (χ0n) is 21.7. The first-order chi connectivity index (χ1) is 17.3. The number of piperazine rings is 1. The van der Waals surface area contributed by atoms with Crippen molar-refractivity contribution in [2.45, 2.75) is 71.6 Å². The molecular formula is C27H36FN7O. The molecule has 3 aromatic heterocycles. The van der Waals surface area contributed by atoms with Crippen LogP contribution in [0.2, 0.25) is 0 Å². The number of aryl methyl sites for hydroxylation is 1. The van der Waals surface area contributed by atoms with Gasteiger partial charge in [0.25, 0.3) is 5.56 Å². The molecule has 2 aliphatic rings. The summed E-state index contributed by atoms with van der Waals surface area (Å²) in [4.78, 5) is 31.9. The molecule has 1 atom stereocenters. The van der Waals surface area contributed by atoms with E-state index in [1.54, 1.807) is 23.2 Å². The Morgan fingerprint density at radius 1 is 0.972 bits per heavy atom. The SMILES string of the molecule is Cc1c(C(C)F)c(=O)n(C2CCCC2)c2cc(Nc3cnc(N4CCN(C(C)C)CC4)cn3)ncc12. The van der Waals surface area contributed by atoms with Gasteiger partial charge in [-0.3, -0.25) is 9.69 Å². The molecular weight excluding hydrogens is 457 g/mol. The van der Waals surface area contributed by atoms with Crippen LogP contribution in [0.3, 0.4) is 0 Å². The van der Waals surface area contributed by atoms with Crippen molar-refractivity contribution in [3.63, 3.8) is 0 Å². The summed E-state index contributed by atoms with van der Waals surface area (Å²) < 4.78 is 16.3. The molecule has 3 aromatic rings. The monoisotopic (exact) mass is 493 g/mol. The van der Waals surface area contributed by atoms with Gasteiger partial charge in [0.15, 0.2) is 0 Å². The fraction of sp³-hybridized carbons (Fsp3) is 0.556. The lowest BCUT2D eigenvalue weighted by atomic mass is 10.0. The number of halogens is 1. The number of nitrogens with one attached hydrogen (secondary N) is 1. The zero-order valence-corrected chi connectivity index (χ0v) is 21.7. The van der Waals surface area contributed by atoms with Crippen LogP contribution >= 0.6 is 0 Å². The number of rotatable bonds is 6. The van der Waals surface area contributed by atoms with Gasteiger partial charge < -0.3 is 14.8 Å². The molecule has 1 N–H and O–H groups in total. The molecule has 1 aliphatic carbocycles. The molecule has 4 heterocycles. The van der Waals surface area contributed by atoms with Crippen molar-refractivity contribution in [3.8, 4) is 0 Å². The van der Waals surface area contributed by atoms with Crippen LogP contribution in [0.15, 0.2) is 29.5 Å². The number of nitrogens with zero attached hydrogens (tertiary/aromatic N) is 6. The average molecular weight is 494 g/mol. The van der Waals surface area contributed by atoms with Crippen LogP contribution in [0.4, 0.5) is 21.8 Å². The maximum absolute atomic E-state index is 14.5. The Bertz CT molecular complexity index is 1270. The van der Waals surface area contributed by atoms with Crippen LogP contribution in [-0.2, 0) is 0 Å². The first-order valence-corrected chi connectivity index (χ1v) is 13.1. The van der Waals surface area contributed by atoms with Crippen LogP contribution in [-0.4, -0.2) is 56.6 Å². The number of aromatic nitrogens is 4. The Morgan fingerprint density at radius 2 is 1.67 bits per heavy atom. The van der Waals surface area contributed by atoms with E-state index >= 15 is 0 Å². The minimum absolute atomic E-state index is 0.0867. The van der Waals surface area contributed by atoms with Crippen molar-refractivity contribution < 1.29 is 4.39 Å². The molecule has 0 aromatic carbocycles. The van der Waals surface area contributed by atoms with E-state index in [-0.39, 0.29) is 17.2 Å². The molecule has 1 unspecified atom stereocenters. The highest BCUT2D eigenvalue weighted by Gasteiger charge is 2.26. The van der Waals surface area contributed by atoms with Crippen molar-refractivity contribution in [1.82, 2.24) is 24.4 Å². The number of anilines is 3. The second kappa shape index (κ2) is 10.1. The summed E-state index contributed by atoms with van der Waals surface area (Å²) in [5, 5.41) is 4.05. The van der Waals surface area contributed by atoms with E-state index in [0.717, 1.165) is 68.6 Å². The molecule has 9 heteroatoms. The summed E-state index contributed by atoms with van der Waals surface area (Å²) in [6.07, 6.45) is 7.95. The van der Waals surface area contributed by atoms with Crippen molar-refractivity contribution in [2.75, 3.05) is 36.4 Å². The van der Waals surface area contributed by atoms with Gasteiger partial charge in [-0.05, 0) is 46.1 Å². The highest BCUT2D eigenvalue weighted by molar-refractivity contribution is 5.85. The summed E-state index contributed by atoms with van der Waals surface area (Å²) >= 11 is 0. The first kappa shape index (κ1) is 24.6. The lowest BCUT2D eigenvalue weighted by Crippen LogP contribution is -2.49. The summed E-state index contributed by atoms with van der Waals surface area (Å²) in [6, 6.07) is 2.53. The van der Waals surface area contributed by atoms with Gasteiger partial charge in [-0.15, -0.1) is 0 Å². The maximum atomic E-state index is 14.5. The van der Waals surface area contributed by atoms with Crippen molar-refractivity contribution in [2.24, 2.45) is 0 Å². The van der Waals surface area contributed by atoms with E-state index in [1.165, 1.54) is 6.92 Å². The van der Waals surface area contributed by atoms with Gasteiger partial charge in [0.05, 0.1) is 23.5 Å². The topological polar surface area (TPSA) is 79.2 Å². The fourth-order valence-electron chi connectivity index (χ4n) is 5.69. The van der Waals surface area contributed by atoms with E-state index in [4.69, 9.17) is 0 Å². The lowest BCUT2D eigenvalue weighted by Gasteiger charge is -2.37. The van der Waals surface area contributed by atoms with E-state index < -0.39 is 6.17 Å².